The third-order valence-electron chi connectivity index (χ3n) is 3.51. The molecule has 0 radical (unpaired) electrons. The number of aromatic hydroxyl groups is 1. The zero-order valence-corrected chi connectivity index (χ0v) is 12.9. The minimum atomic E-state index is -0.970. The summed E-state index contributed by atoms with van der Waals surface area (Å²) in [5.41, 5.74) is 0.821. The third kappa shape index (κ3) is 3.90. The quantitative estimate of drug-likeness (QED) is 0.779. The van der Waals surface area contributed by atoms with Gasteiger partial charge in [-0.05, 0) is 56.9 Å². The highest BCUT2D eigenvalue weighted by molar-refractivity contribution is 5.78. The van der Waals surface area contributed by atoms with Gasteiger partial charge in [-0.25, -0.2) is 4.79 Å². The molecular weight excluding hydrogens is 286 g/mol. The number of aliphatic carboxylic acids is 1. The van der Waals surface area contributed by atoms with Gasteiger partial charge >= 0.3 is 12.1 Å². The number of carbonyl (C=O) groups is 2. The van der Waals surface area contributed by atoms with Crippen LogP contribution >= 0.6 is 0 Å². The second kappa shape index (κ2) is 5.87. The van der Waals surface area contributed by atoms with Crippen molar-refractivity contribution in [3.63, 3.8) is 0 Å². The number of hydrogen-bond acceptors (Lipinski definition) is 4. The van der Waals surface area contributed by atoms with Gasteiger partial charge < -0.3 is 20.3 Å². The Morgan fingerprint density at radius 1 is 1.32 bits per heavy atom. The van der Waals surface area contributed by atoms with E-state index in [0.29, 0.717) is 12.0 Å². The van der Waals surface area contributed by atoms with Crippen molar-refractivity contribution in [2.45, 2.75) is 51.2 Å². The van der Waals surface area contributed by atoms with Gasteiger partial charge in [0.05, 0.1) is 5.92 Å². The Balaban J connectivity index is 2.16. The van der Waals surface area contributed by atoms with Crippen LogP contribution in [0.4, 0.5) is 4.79 Å². The van der Waals surface area contributed by atoms with Gasteiger partial charge in [0.25, 0.3) is 0 Å². The Morgan fingerprint density at radius 3 is 2.59 bits per heavy atom. The van der Waals surface area contributed by atoms with Crippen molar-refractivity contribution >= 4 is 12.1 Å². The largest absolute Gasteiger partial charge is 0.508 e. The maximum atomic E-state index is 11.8. The Morgan fingerprint density at radius 2 is 2.00 bits per heavy atom. The third-order valence-corrected chi connectivity index (χ3v) is 3.51. The van der Waals surface area contributed by atoms with Gasteiger partial charge in [-0.1, -0.05) is 6.07 Å². The number of carboxylic acid groups (broad SMARTS) is 1. The molecule has 0 heterocycles. The number of alkyl carbamates (subject to hydrolysis) is 1. The Bertz CT molecular complexity index is 591. The molecule has 0 saturated heterocycles. The fourth-order valence-corrected chi connectivity index (χ4v) is 2.67. The van der Waals surface area contributed by atoms with Crippen LogP contribution in [-0.2, 0) is 16.0 Å². The number of nitrogens with one attached hydrogen (secondary N) is 1. The summed E-state index contributed by atoms with van der Waals surface area (Å²) >= 11 is 0. The number of hydrogen-bond donors (Lipinski definition) is 3. The molecule has 1 aromatic carbocycles. The first-order chi connectivity index (χ1) is 10.2. The summed E-state index contributed by atoms with van der Waals surface area (Å²) in [4.78, 5) is 23.3. The van der Waals surface area contributed by atoms with Gasteiger partial charge in [0.1, 0.15) is 11.4 Å². The van der Waals surface area contributed by atoms with Crippen LogP contribution in [0.25, 0.3) is 0 Å². The fourth-order valence-electron chi connectivity index (χ4n) is 2.67. The van der Waals surface area contributed by atoms with E-state index in [-0.39, 0.29) is 18.2 Å². The fraction of sp³-hybridized carbons (Fsp3) is 0.500. The van der Waals surface area contributed by atoms with E-state index >= 15 is 0 Å². The highest BCUT2D eigenvalue weighted by Gasteiger charge is 2.33. The normalized spacial score (nSPS) is 20.9. The van der Waals surface area contributed by atoms with Gasteiger partial charge in [0.15, 0.2) is 0 Å². The lowest BCUT2D eigenvalue weighted by Gasteiger charge is -2.30. The van der Waals surface area contributed by atoms with E-state index in [9.17, 15) is 19.8 Å². The molecule has 0 unspecified atom stereocenters. The van der Waals surface area contributed by atoms with Gasteiger partial charge in [0, 0.05) is 6.04 Å². The molecule has 0 spiro atoms. The van der Waals surface area contributed by atoms with Gasteiger partial charge in [0.2, 0.25) is 0 Å². The van der Waals surface area contributed by atoms with Crippen molar-refractivity contribution < 1.29 is 24.5 Å². The van der Waals surface area contributed by atoms with Crippen molar-refractivity contribution in [2.24, 2.45) is 0 Å². The summed E-state index contributed by atoms with van der Waals surface area (Å²) in [6.07, 6.45) is 0.229. The molecule has 0 fully saturated rings. The number of carboxylic acids is 1. The van der Waals surface area contributed by atoms with E-state index < -0.39 is 23.6 Å². The van der Waals surface area contributed by atoms with Gasteiger partial charge in [-0.15, -0.1) is 0 Å². The summed E-state index contributed by atoms with van der Waals surface area (Å²) in [6.45, 7) is 5.31. The molecule has 1 aromatic rings. The molecule has 0 saturated carbocycles. The number of phenolic OH excluding ortho intramolecular Hbond substituents is 1. The van der Waals surface area contributed by atoms with Crippen LogP contribution in [0.3, 0.4) is 0 Å². The smallest absolute Gasteiger partial charge is 0.407 e. The van der Waals surface area contributed by atoms with Crippen molar-refractivity contribution in [3.05, 3.63) is 29.3 Å². The highest BCUT2D eigenvalue weighted by Crippen LogP contribution is 2.34. The van der Waals surface area contributed by atoms with Crippen LogP contribution in [0.15, 0.2) is 18.2 Å². The monoisotopic (exact) mass is 307 g/mol. The lowest BCUT2D eigenvalue weighted by atomic mass is 9.80. The molecule has 0 bridgehead atoms. The molecule has 2 atom stereocenters. The van der Waals surface area contributed by atoms with Crippen molar-refractivity contribution in [1.29, 1.82) is 0 Å². The second-order valence-corrected chi connectivity index (χ2v) is 6.56. The lowest BCUT2D eigenvalue weighted by molar-refractivity contribution is -0.139. The lowest BCUT2D eigenvalue weighted by Crippen LogP contribution is -2.43. The average Bonchev–Trinajstić information content (AvgIpc) is 2.35. The summed E-state index contributed by atoms with van der Waals surface area (Å²) < 4.78 is 5.21. The van der Waals surface area contributed by atoms with Crippen LogP contribution in [0.1, 0.15) is 44.2 Å². The van der Waals surface area contributed by atoms with E-state index in [1.807, 2.05) is 0 Å². The van der Waals surface area contributed by atoms with Crippen molar-refractivity contribution in [1.82, 2.24) is 5.32 Å². The first-order valence-electron chi connectivity index (χ1n) is 7.20. The van der Waals surface area contributed by atoms with Gasteiger partial charge in [-0.2, -0.15) is 0 Å². The number of ether oxygens (including phenoxy) is 1. The molecule has 6 heteroatoms. The Kier molecular flexibility index (Phi) is 4.30. The molecule has 3 N–H and O–H groups in total. The summed E-state index contributed by atoms with van der Waals surface area (Å²) in [5, 5.41) is 21.7. The topological polar surface area (TPSA) is 95.9 Å². The van der Waals surface area contributed by atoms with E-state index in [2.05, 4.69) is 5.32 Å². The number of fused-ring (bicyclic) bond motifs is 1. The minimum Gasteiger partial charge on any atom is -0.508 e. The minimum absolute atomic E-state index is 0.0450. The summed E-state index contributed by atoms with van der Waals surface area (Å²) in [7, 11) is 0. The number of benzene rings is 1. The van der Waals surface area contributed by atoms with Crippen LogP contribution in [0, 0.1) is 0 Å². The molecular formula is C16H21NO5. The molecule has 1 aliphatic rings. The number of carbonyl (C=O) groups excluding carboxylic acids is 1. The first-order valence-corrected chi connectivity index (χ1v) is 7.20. The molecule has 1 amide bonds. The van der Waals surface area contributed by atoms with Crippen LogP contribution < -0.4 is 5.32 Å². The molecule has 22 heavy (non-hydrogen) atoms. The maximum Gasteiger partial charge on any atom is 0.407 e. The van der Waals surface area contributed by atoms with Crippen LogP contribution in [-0.4, -0.2) is 33.9 Å². The average molecular weight is 307 g/mol. The van der Waals surface area contributed by atoms with Crippen molar-refractivity contribution in [2.75, 3.05) is 0 Å². The highest BCUT2D eigenvalue weighted by atomic mass is 16.6. The Hall–Kier alpha value is -2.24. The summed E-state index contributed by atoms with van der Waals surface area (Å²) in [6, 6.07) is 4.39. The zero-order chi connectivity index (χ0) is 16.5. The number of amides is 1. The van der Waals surface area contributed by atoms with E-state index in [1.165, 1.54) is 12.1 Å². The Labute approximate surface area is 129 Å². The second-order valence-electron chi connectivity index (χ2n) is 6.56. The van der Waals surface area contributed by atoms with Crippen LogP contribution in [0.5, 0.6) is 5.75 Å². The summed E-state index contributed by atoms with van der Waals surface area (Å²) in [5.74, 6) is -1.68. The zero-order valence-electron chi connectivity index (χ0n) is 12.9. The molecule has 120 valence electrons. The molecule has 1 aliphatic carbocycles. The molecule has 6 nitrogen and oxygen atoms in total. The SMILES string of the molecule is CC(C)(C)OC(=O)N[C@H]1Cc2ccc(O)cc2[C@H](C(=O)O)C1. The van der Waals surface area contributed by atoms with E-state index in [4.69, 9.17) is 4.74 Å². The van der Waals surface area contributed by atoms with E-state index in [1.54, 1.807) is 26.8 Å². The number of phenols is 1. The predicted octanol–water partition coefficient (Wildman–Crippen LogP) is 2.40. The van der Waals surface area contributed by atoms with Gasteiger partial charge in [-0.3, -0.25) is 4.79 Å². The van der Waals surface area contributed by atoms with Crippen LogP contribution in [0.2, 0.25) is 0 Å². The maximum absolute atomic E-state index is 11.8. The molecule has 0 aromatic heterocycles. The molecule has 2 rings (SSSR count). The first kappa shape index (κ1) is 16.1. The van der Waals surface area contributed by atoms with E-state index in [0.717, 1.165) is 5.56 Å². The predicted molar refractivity (Wildman–Crippen MR) is 80.0 cm³/mol. The van der Waals surface area contributed by atoms with Crippen molar-refractivity contribution in [3.8, 4) is 5.75 Å². The number of rotatable bonds is 2. The standard InChI is InChI=1S/C16H21NO5/c1-16(2,3)22-15(21)17-10-6-9-4-5-11(18)8-12(9)13(7-10)14(19)20/h4-5,8,10,13,18H,6-7H2,1-3H3,(H,17,21)(H,19,20)/t10-,13+/m0/s1. The molecule has 0 aliphatic heterocycles.